The molecule has 1 saturated heterocycles. The number of hydrogen-bond acceptors (Lipinski definition) is 6. The first-order valence-electron chi connectivity index (χ1n) is 10.0. The molecule has 1 amide bonds. The van der Waals surface area contributed by atoms with E-state index in [-0.39, 0.29) is 24.1 Å². The maximum Gasteiger partial charge on any atom is 0.270 e. The van der Waals surface area contributed by atoms with E-state index in [1.165, 1.54) is 16.7 Å². The van der Waals surface area contributed by atoms with Gasteiger partial charge in [0.05, 0.1) is 17.2 Å². The van der Waals surface area contributed by atoms with Gasteiger partial charge in [0.2, 0.25) is 0 Å². The third-order valence-corrected chi connectivity index (χ3v) is 6.16. The maximum atomic E-state index is 12.9. The van der Waals surface area contributed by atoms with Gasteiger partial charge in [0.25, 0.3) is 5.91 Å². The van der Waals surface area contributed by atoms with Crippen LogP contribution >= 0.6 is 36.4 Å². The Morgan fingerprint density at radius 1 is 1.10 bits per heavy atom. The van der Waals surface area contributed by atoms with Gasteiger partial charge < -0.3 is 14.7 Å². The average molecular weight is 479 g/mol. The number of hydrogen-bond donors (Lipinski definition) is 1. The summed E-state index contributed by atoms with van der Waals surface area (Å²) in [5, 5.41) is 9.41. The van der Waals surface area contributed by atoms with E-state index in [1.807, 2.05) is 24.3 Å². The number of benzene rings is 2. The molecule has 0 spiro atoms. The molecule has 2 aromatic carbocycles. The standard InChI is InChI=1S/C23H26N2O3S2.ClH/c1-3-24(4-2)14-5-15-28-20-12-8-18(9-13-20)25-22(27)21(30-23(25)29)16-17-6-10-19(26)11-7-17;/h6-13,16,26H,3-5,14-15H2,1-2H3;1H/b21-16-;. The number of amides is 1. The van der Waals surface area contributed by atoms with E-state index in [4.69, 9.17) is 17.0 Å². The Morgan fingerprint density at radius 2 is 1.74 bits per heavy atom. The van der Waals surface area contributed by atoms with Crippen LogP contribution in [0.15, 0.2) is 53.4 Å². The minimum Gasteiger partial charge on any atom is -0.508 e. The zero-order valence-electron chi connectivity index (χ0n) is 17.6. The largest absolute Gasteiger partial charge is 0.508 e. The highest BCUT2D eigenvalue weighted by Gasteiger charge is 2.33. The third kappa shape index (κ3) is 6.71. The van der Waals surface area contributed by atoms with Gasteiger partial charge in [-0.25, -0.2) is 0 Å². The molecule has 0 aromatic heterocycles. The Kier molecular flexibility index (Phi) is 9.84. The predicted octanol–water partition coefficient (Wildman–Crippen LogP) is 5.33. The summed E-state index contributed by atoms with van der Waals surface area (Å²) in [7, 11) is 0. The molecule has 8 heteroatoms. The van der Waals surface area contributed by atoms with Crippen LogP contribution in [0.5, 0.6) is 11.5 Å². The first-order chi connectivity index (χ1) is 14.5. The van der Waals surface area contributed by atoms with E-state index in [0.29, 0.717) is 15.8 Å². The Bertz CT molecular complexity index is 913. The lowest BCUT2D eigenvalue weighted by Gasteiger charge is -2.18. The fourth-order valence-electron chi connectivity index (χ4n) is 3.12. The van der Waals surface area contributed by atoms with Gasteiger partial charge in [-0.2, -0.15) is 0 Å². The molecule has 0 saturated carbocycles. The van der Waals surface area contributed by atoms with Crippen molar-refractivity contribution in [3.05, 3.63) is 59.0 Å². The number of halogens is 1. The maximum absolute atomic E-state index is 12.9. The number of thioether (sulfide) groups is 1. The van der Waals surface area contributed by atoms with Crippen LogP contribution in [0, 0.1) is 0 Å². The molecule has 0 bridgehead atoms. The number of thiocarbonyl (C=S) groups is 1. The van der Waals surface area contributed by atoms with Crippen molar-refractivity contribution in [2.75, 3.05) is 31.1 Å². The summed E-state index contributed by atoms with van der Waals surface area (Å²) in [4.78, 5) is 17.3. The van der Waals surface area contributed by atoms with E-state index in [1.54, 1.807) is 30.3 Å². The quantitative estimate of drug-likeness (QED) is 0.298. The molecule has 0 atom stereocenters. The number of carbonyl (C=O) groups is 1. The van der Waals surface area contributed by atoms with E-state index in [2.05, 4.69) is 18.7 Å². The molecule has 1 N–H and O–H groups in total. The van der Waals surface area contributed by atoms with Crippen molar-refractivity contribution in [1.82, 2.24) is 4.90 Å². The second kappa shape index (κ2) is 12.1. The first kappa shape index (κ1) is 25.2. The number of nitrogens with zero attached hydrogens (tertiary/aromatic N) is 2. The van der Waals surface area contributed by atoms with Gasteiger partial charge >= 0.3 is 0 Å². The highest BCUT2D eigenvalue weighted by Crippen LogP contribution is 2.36. The van der Waals surface area contributed by atoms with Gasteiger partial charge in [0.15, 0.2) is 4.32 Å². The zero-order chi connectivity index (χ0) is 21.5. The van der Waals surface area contributed by atoms with Gasteiger partial charge in [-0.05, 0) is 67.5 Å². The van der Waals surface area contributed by atoms with Crippen molar-refractivity contribution in [3.8, 4) is 11.5 Å². The Hall–Kier alpha value is -2.06. The summed E-state index contributed by atoms with van der Waals surface area (Å²) in [5.41, 5.74) is 1.56. The Labute approximate surface area is 199 Å². The molecule has 0 unspecified atom stereocenters. The average Bonchev–Trinajstić information content (AvgIpc) is 3.03. The minimum atomic E-state index is -0.147. The van der Waals surface area contributed by atoms with E-state index < -0.39 is 0 Å². The SMILES string of the molecule is CCN(CC)CCCOc1ccc(N2C(=O)/C(=C/c3ccc(O)cc3)SC2=S)cc1.Cl. The number of aromatic hydroxyl groups is 1. The van der Waals surface area contributed by atoms with Crippen molar-refractivity contribution in [3.63, 3.8) is 0 Å². The Morgan fingerprint density at radius 3 is 2.35 bits per heavy atom. The highest BCUT2D eigenvalue weighted by molar-refractivity contribution is 8.27. The molecule has 5 nitrogen and oxygen atoms in total. The van der Waals surface area contributed by atoms with Crippen LogP contribution in [-0.2, 0) is 4.79 Å². The van der Waals surface area contributed by atoms with Crippen molar-refractivity contribution < 1.29 is 14.6 Å². The van der Waals surface area contributed by atoms with Gasteiger partial charge in [0, 0.05) is 6.54 Å². The van der Waals surface area contributed by atoms with Crippen molar-refractivity contribution in [2.24, 2.45) is 0 Å². The number of rotatable bonds is 9. The number of ether oxygens (including phenoxy) is 1. The monoisotopic (exact) mass is 478 g/mol. The van der Waals surface area contributed by atoms with Crippen molar-refractivity contribution >= 4 is 58.4 Å². The number of anilines is 1. The van der Waals surface area contributed by atoms with Crippen LogP contribution in [0.25, 0.3) is 6.08 Å². The van der Waals surface area contributed by atoms with Crippen molar-refractivity contribution in [1.29, 1.82) is 0 Å². The van der Waals surface area contributed by atoms with E-state index in [9.17, 15) is 9.90 Å². The summed E-state index contributed by atoms with van der Waals surface area (Å²) in [6.07, 6.45) is 2.76. The smallest absolute Gasteiger partial charge is 0.270 e. The molecule has 1 aliphatic heterocycles. The lowest BCUT2D eigenvalue weighted by molar-refractivity contribution is -0.113. The normalized spacial score (nSPS) is 14.9. The van der Waals surface area contributed by atoms with Crippen LogP contribution in [0.4, 0.5) is 5.69 Å². The summed E-state index contributed by atoms with van der Waals surface area (Å²) in [6.45, 7) is 8.11. The van der Waals surface area contributed by atoms with E-state index >= 15 is 0 Å². The molecule has 1 heterocycles. The molecule has 0 aliphatic carbocycles. The molecular weight excluding hydrogens is 452 g/mol. The Balaban J connectivity index is 0.00000341. The first-order valence-corrected chi connectivity index (χ1v) is 11.3. The summed E-state index contributed by atoms with van der Waals surface area (Å²) in [5.74, 6) is 0.824. The summed E-state index contributed by atoms with van der Waals surface area (Å²) < 4.78 is 6.32. The highest BCUT2D eigenvalue weighted by atomic mass is 35.5. The number of phenolic OH excluding ortho intramolecular Hbond substituents is 1. The lowest BCUT2D eigenvalue weighted by atomic mass is 10.2. The number of carbonyl (C=O) groups excluding carboxylic acids is 1. The predicted molar refractivity (Wildman–Crippen MR) is 135 cm³/mol. The van der Waals surface area contributed by atoms with Crippen LogP contribution in [0.2, 0.25) is 0 Å². The lowest BCUT2D eigenvalue weighted by Crippen LogP contribution is -2.27. The van der Waals surface area contributed by atoms with Crippen LogP contribution in [-0.4, -0.2) is 46.5 Å². The molecule has 3 rings (SSSR count). The molecule has 2 aromatic rings. The van der Waals surface area contributed by atoms with E-state index in [0.717, 1.165) is 43.1 Å². The summed E-state index contributed by atoms with van der Waals surface area (Å²) in [6, 6.07) is 14.1. The third-order valence-electron chi connectivity index (χ3n) is 4.86. The molecule has 1 aliphatic rings. The minimum absolute atomic E-state index is 0. The van der Waals surface area contributed by atoms with Crippen molar-refractivity contribution in [2.45, 2.75) is 20.3 Å². The van der Waals surface area contributed by atoms with Gasteiger partial charge in [-0.15, -0.1) is 12.4 Å². The zero-order valence-corrected chi connectivity index (χ0v) is 20.1. The summed E-state index contributed by atoms with van der Waals surface area (Å²) >= 11 is 6.70. The van der Waals surface area contributed by atoms with Gasteiger partial charge in [-0.3, -0.25) is 9.69 Å². The van der Waals surface area contributed by atoms with Gasteiger partial charge in [-0.1, -0.05) is 50.0 Å². The van der Waals surface area contributed by atoms with Crippen LogP contribution in [0.3, 0.4) is 0 Å². The second-order valence-corrected chi connectivity index (χ2v) is 8.51. The molecule has 0 radical (unpaired) electrons. The molecule has 31 heavy (non-hydrogen) atoms. The fourth-order valence-corrected chi connectivity index (χ4v) is 4.42. The molecular formula is C23H27ClN2O3S2. The molecule has 166 valence electrons. The van der Waals surface area contributed by atoms with Crippen LogP contribution < -0.4 is 9.64 Å². The van der Waals surface area contributed by atoms with Gasteiger partial charge in [0.1, 0.15) is 11.5 Å². The second-order valence-electron chi connectivity index (χ2n) is 6.83. The topological polar surface area (TPSA) is 53.0 Å². The molecule has 1 fully saturated rings. The number of phenols is 1. The fraction of sp³-hybridized carbons (Fsp3) is 0.304. The van der Waals surface area contributed by atoms with Crippen LogP contribution in [0.1, 0.15) is 25.8 Å².